The fourth-order valence-electron chi connectivity index (χ4n) is 3.23. The molecule has 174 valence electrons. The van der Waals surface area contributed by atoms with Crippen molar-refractivity contribution in [2.75, 3.05) is 10.6 Å². The van der Waals surface area contributed by atoms with Crippen molar-refractivity contribution < 1.29 is 29.4 Å². The fourth-order valence-corrected chi connectivity index (χ4v) is 5.19. The van der Waals surface area contributed by atoms with Crippen LogP contribution >= 0.6 is 22.7 Å². The molecule has 2 heterocycles. The summed E-state index contributed by atoms with van der Waals surface area (Å²) in [6.45, 7) is 7.93. The summed E-state index contributed by atoms with van der Waals surface area (Å²) in [5.41, 5.74) is 1.51. The Kier molecular flexibility index (Phi) is 8.97. The molecule has 0 atom stereocenters. The van der Waals surface area contributed by atoms with Crippen LogP contribution < -0.4 is 10.6 Å². The summed E-state index contributed by atoms with van der Waals surface area (Å²) in [6, 6.07) is 0. The Morgan fingerprint density at radius 3 is 1.38 bits per heavy atom. The number of nitrogens with one attached hydrogen (secondary N) is 2. The molecule has 0 spiro atoms. The SMILES string of the molecule is CC(C)Cc1csc(NC(=O)CCC(=O)Nc2scc(CC(C)C)c2C(=O)O)c1C(=O)O. The number of aromatic carboxylic acids is 2. The predicted octanol–water partition coefficient (Wildman–Crippen LogP) is 4.96. The van der Waals surface area contributed by atoms with Gasteiger partial charge in [-0.25, -0.2) is 9.59 Å². The molecule has 0 saturated heterocycles. The van der Waals surface area contributed by atoms with E-state index in [1.54, 1.807) is 10.8 Å². The number of amides is 2. The van der Waals surface area contributed by atoms with E-state index in [1.165, 1.54) is 0 Å². The number of anilines is 2. The van der Waals surface area contributed by atoms with Crippen LogP contribution in [0.2, 0.25) is 0 Å². The van der Waals surface area contributed by atoms with Gasteiger partial charge in [-0.05, 0) is 46.6 Å². The largest absolute Gasteiger partial charge is 0.478 e. The number of carboxylic acid groups (broad SMARTS) is 2. The smallest absolute Gasteiger partial charge is 0.338 e. The van der Waals surface area contributed by atoms with E-state index < -0.39 is 23.8 Å². The summed E-state index contributed by atoms with van der Waals surface area (Å²) in [5, 5.41) is 28.2. The molecule has 8 nitrogen and oxygen atoms in total. The third-order valence-corrected chi connectivity index (χ3v) is 6.39. The van der Waals surface area contributed by atoms with Crippen molar-refractivity contribution in [3.05, 3.63) is 33.0 Å². The molecule has 0 aliphatic heterocycles. The molecule has 0 radical (unpaired) electrons. The average molecular weight is 481 g/mol. The summed E-state index contributed by atoms with van der Waals surface area (Å²) >= 11 is 2.29. The zero-order valence-corrected chi connectivity index (χ0v) is 20.1. The first-order valence-electron chi connectivity index (χ1n) is 10.3. The Morgan fingerprint density at radius 1 is 0.750 bits per heavy atom. The Morgan fingerprint density at radius 2 is 1.09 bits per heavy atom. The predicted molar refractivity (Wildman–Crippen MR) is 126 cm³/mol. The topological polar surface area (TPSA) is 133 Å². The van der Waals surface area contributed by atoms with Crippen LogP contribution in [-0.2, 0) is 22.4 Å². The van der Waals surface area contributed by atoms with Crippen LogP contribution in [0, 0.1) is 11.8 Å². The first kappa shape index (κ1) is 25.5. The van der Waals surface area contributed by atoms with Crippen LogP contribution in [0.3, 0.4) is 0 Å². The molecule has 0 unspecified atom stereocenters. The van der Waals surface area contributed by atoms with Crippen molar-refractivity contribution in [2.24, 2.45) is 11.8 Å². The standard InChI is InChI=1S/C22H28N2O6S2/c1-11(2)7-13-9-31-19(17(13)21(27)28)23-15(25)5-6-16(26)24-20-18(22(29)30)14(10-32-20)8-12(3)4/h9-12H,5-8H2,1-4H3,(H,23,25)(H,24,26)(H,27,28)(H,29,30). The summed E-state index contributed by atoms with van der Waals surface area (Å²) < 4.78 is 0. The maximum Gasteiger partial charge on any atom is 0.338 e. The Bertz CT molecular complexity index is 926. The normalized spacial score (nSPS) is 11.1. The Hall–Kier alpha value is -2.72. The summed E-state index contributed by atoms with van der Waals surface area (Å²) in [5.74, 6) is -2.64. The van der Waals surface area contributed by atoms with E-state index in [0.717, 1.165) is 22.7 Å². The molecule has 2 amide bonds. The van der Waals surface area contributed by atoms with Gasteiger partial charge in [-0.3, -0.25) is 9.59 Å². The van der Waals surface area contributed by atoms with Gasteiger partial charge in [-0.1, -0.05) is 27.7 Å². The van der Waals surface area contributed by atoms with Gasteiger partial charge in [0.2, 0.25) is 11.8 Å². The van der Waals surface area contributed by atoms with Gasteiger partial charge in [-0.15, -0.1) is 22.7 Å². The maximum absolute atomic E-state index is 12.3. The van der Waals surface area contributed by atoms with E-state index in [2.05, 4.69) is 10.6 Å². The monoisotopic (exact) mass is 480 g/mol. The number of rotatable bonds is 11. The van der Waals surface area contributed by atoms with E-state index in [0.29, 0.717) is 24.0 Å². The molecule has 2 aromatic heterocycles. The third kappa shape index (κ3) is 6.89. The highest BCUT2D eigenvalue weighted by atomic mass is 32.1. The van der Waals surface area contributed by atoms with Gasteiger partial charge in [0.25, 0.3) is 0 Å². The molecule has 0 saturated carbocycles. The van der Waals surface area contributed by atoms with E-state index in [9.17, 15) is 29.4 Å². The van der Waals surface area contributed by atoms with Crippen molar-refractivity contribution in [3.8, 4) is 0 Å². The second-order valence-electron chi connectivity index (χ2n) is 8.33. The number of carbonyl (C=O) groups excluding carboxylic acids is 2. The highest BCUT2D eigenvalue weighted by Gasteiger charge is 2.22. The van der Waals surface area contributed by atoms with Crippen LogP contribution in [0.1, 0.15) is 72.4 Å². The van der Waals surface area contributed by atoms with Gasteiger partial charge in [-0.2, -0.15) is 0 Å². The Labute approximate surface area is 194 Å². The average Bonchev–Trinajstić information content (AvgIpc) is 3.23. The molecular weight excluding hydrogens is 452 g/mol. The van der Waals surface area contributed by atoms with E-state index in [4.69, 9.17) is 0 Å². The number of thiophene rings is 2. The lowest BCUT2D eigenvalue weighted by molar-refractivity contribution is -0.121. The van der Waals surface area contributed by atoms with Crippen LogP contribution in [-0.4, -0.2) is 34.0 Å². The highest BCUT2D eigenvalue weighted by Crippen LogP contribution is 2.31. The zero-order valence-electron chi connectivity index (χ0n) is 18.5. The van der Waals surface area contributed by atoms with Gasteiger partial charge in [0.1, 0.15) is 10.0 Å². The number of hydrogen-bond acceptors (Lipinski definition) is 6. The third-order valence-electron chi connectivity index (χ3n) is 4.50. The summed E-state index contributed by atoms with van der Waals surface area (Å²) in [7, 11) is 0. The van der Waals surface area contributed by atoms with Crippen molar-refractivity contribution >= 4 is 56.4 Å². The van der Waals surface area contributed by atoms with Gasteiger partial charge < -0.3 is 20.8 Å². The fraction of sp³-hybridized carbons (Fsp3) is 0.455. The molecule has 4 N–H and O–H groups in total. The van der Waals surface area contributed by atoms with Gasteiger partial charge >= 0.3 is 11.9 Å². The minimum atomic E-state index is -1.11. The molecule has 0 aliphatic rings. The molecule has 0 aliphatic carbocycles. The van der Waals surface area contributed by atoms with Crippen LogP contribution in [0.4, 0.5) is 10.0 Å². The number of carboxylic acids is 2. The van der Waals surface area contributed by atoms with Gasteiger partial charge in [0.05, 0.1) is 11.1 Å². The number of hydrogen-bond donors (Lipinski definition) is 4. The lowest BCUT2D eigenvalue weighted by atomic mass is 10.0. The van der Waals surface area contributed by atoms with Gasteiger partial charge in [0.15, 0.2) is 0 Å². The highest BCUT2D eigenvalue weighted by molar-refractivity contribution is 7.15. The van der Waals surface area contributed by atoms with Crippen LogP contribution in [0.5, 0.6) is 0 Å². The van der Waals surface area contributed by atoms with E-state index in [1.807, 2.05) is 27.7 Å². The molecule has 0 aromatic carbocycles. The molecule has 32 heavy (non-hydrogen) atoms. The molecule has 0 bridgehead atoms. The van der Waals surface area contributed by atoms with E-state index >= 15 is 0 Å². The lowest BCUT2D eigenvalue weighted by Gasteiger charge is -2.08. The van der Waals surface area contributed by atoms with Crippen LogP contribution in [0.15, 0.2) is 10.8 Å². The zero-order chi connectivity index (χ0) is 24.0. The minimum absolute atomic E-state index is 0.0869. The quantitative estimate of drug-likeness (QED) is 0.359. The van der Waals surface area contributed by atoms with Crippen molar-refractivity contribution in [2.45, 2.75) is 53.4 Å². The van der Waals surface area contributed by atoms with E-state index in [-0.39, 0.29) is 45.8 Å². The number of carbonyl (C=O) groups is 4. The summed E-state index contributed by atoms with van der Waals surface area (Å²) in [6.07, 6.45) is 0.855. The first-order chi connectivity index (χ1) is 15.0. The molecule has 2 rings (SSSR count). The second kappa shape index (κ2) is 11.2. The van der Waals surface area contributed by atoms with Gasteiger partial charge in [0, 0.05) is 12.8 Å². The molecular formula is C22H28N2O6S2. The van der Waals surface area contributed by atoms with Crippen LogP contribution in [0.25, 0.3) is 0 Å². The second-order valence-corrected chi connectivity index (χ2v) is 10.1. The van der Waals surface area contributed by atoms with Crippen molar-refractivity contribution in [1.82, 2.24) is 0 Å². The summed E-state index contributed by atoms with van der Waals surface area (Å²) in [4.78, 5) is 47.9. The lowest BCUT2D eigenvalue weighted by Crippen LogP contribution is -2.18. The first-order valence-corrected chi connectivity index (χ1v) is 12.0. The Balaban J connectivity index is 1.99. The molecule has 0 fully saturated rings. The molecule has 10 heteroatoms. The van der Waals surface area contributed by atoms with Crippen molar-refractivity contribution in [3.63, 3.8) is 0 Å². The minimum Gasteiger partial charge on any atom is -0.478 e. The maximum atomic E-state index is 12.3. The van der Waals surface area contributed by atoms with Crippen molar-refractivity contribution in [1.29, 1.82) is 0 Å². The molecule has 2 aromatic rings.